The van der Waals surface area contributed by atoms with Crippen LogP contribution in [0.4, 0.5) is 5.69 Å². The largest absolute Gasteiger partial charge is 0.508 e. The van der Waals surface area contributed by atoms with Crippen molar-refractivity contribution in [3.05, 3.63) is 114 Å². The lowest BCUT2D eigenvalue weighted by Gasteiger charge is -2.38. The molecule has 6 heteroatoms. The van der Waals surface area contributed by atoms with Crippen molar-refractivity contribution in [2.45, 2.75) is 29.8 Å². The van der Waals surface area contributed by atoms with E-state index in [1.807, 2.05) is 60.7 Å². The van der Waals surface area contributed by atoms with Crippen LogP contribution in [0.25, 0.3) is 10.8 Å². The lowest BCUT2D eigenvalue weighted by molar-refractivity contribution is 0.404. The number of fused-ring (bicyclic) bond motifs is 4. The highest BCUT2D eigenvalue weighted by Crippen LogP contribution is 2.52. The molecule has 0 saturated heterocycles. The summed E-state index contributed by atoms with van der Waals surface area (Å²) in [5, 5.41) is 16.6. The van der Waals surface area contributed by atoms with Crippen molar-refractivity contribution in [1.29, 1.82) is 0 Å². The Morgan fingerprint density at radius 2 is 1.74 bits per heavy atom. The Kier molecular flexibility index (Phi) is 5.35. The van der Waals surface area contributed by atoms with Gasteiger partial charge >= 0.3 is 0 Å². The normalized spacial score (nSPS) is 20.9. The van der Waals surface area contributed by atoms with Crippen LogP contribution in [0, 0.1) is 5.92 Å². The molecule has 0 bridgehead atoms. The predicted molar refractivity (Wildman–Crippen MR) is 139 cm³/mol. The molecule has 3 unspecified atom stereocenters. The quantitative estimate of drug-likeness (QED) is 0.312. The van der Waals surface area contributed by atoms with E-state index in [-0.39, 0.29) is 35.1 Å². The Balaban J connectivity index is 1.36. The van der Waals surface area contributed by atoms with Crippen molar-refractivity contribution in [2.24, 2.45) is 5.92 Å². The number of allylic oxidation sites excluding steroid dienone is 2. The summed E-state index contributed by atoms with van der Waals surface area (Å²) in [5.41, 5.74) is 3.68. The van der Waals surface area contributed by atoms with Crippen LogP contribution in [0.3, 0.4) is 0 Å². The highest BCUT2D eigenvalue weighted by atomic mass is 32.2. The van der Waals surface area contributed by atoms with Crippen molar-refractivity contribution in [1.82, 2.24) is 4.72 Å². The lowest BCUT2D eigenvalue weighted by atomic mass is 9.76. The van der Waals surface area contributed by atoms with Crippen LogP contribution in [0.15, 0.2) is 102 Å². The number of hydrogen-bond donors (Lipinski definition) is 3. The summed E-state index contributed by atoms with van der Waals surface area (Å²) in [5.74, 6) is 0.521. The molecule has 4 aromatic carbocycles. The third kappa shape index (κ3) is 3.89. The van der Waals surface area contributed by atoms with E-state index in [0.29, 0.717) is 0 Å². The Morgan fingerprint density at radius 3 is 2.60 bits per heavy atom. The molecule has 0 saturated carbocycles. The second-order valence-corrected chi connectivity index (χ2v) is 11.0. The molecule has 35 heavy (non-hydrogen) atoms. The molecule has 1 aliphatic heterocycles. The molecule has 1 heterocycles. The number of anilines is 1. The van der Waals surface area contributed by atoms with Gasteiger partial charge in [-0.3, -0.25) is 0 Å². The first-order valence-electron chi connectivity index (χ1n) is 11.8. The van der Waals surface area contributed by atoms with Gasteiger partial charge in [0, 0.05) is 23.7 Å². The molecule has 0 aromatic heterocycles. The molecule has 1 aliphatic carbocycles. The van der Waals surface area contributed by atoms with Gasteiger partial charge in [0.25, 0.3) is 0 Å². The van der Waals surface area contributed by atoms with E-state index in [2.05, 4.69) is 28.3 Å². The summed E-state index contributed by atoms with van der Waals surface area (Å²) in [4.78, 5) is 0.263. The number of phenolic OH excluding ortho intramolecular Hbond substituents is 1. The summed E-state index contributed by atoms with van der Waals surface area (Å²) in [6, 6.07) is 26.5. The SMILES string of the molecule is O=S(=O)(NCc1ccccc1)c1ccc2c(c1)C1C=CCC1C(c1c(O)ccc3ccccc13)N2. The van der Waals surface area contributed by atoms with E-state index < -0.39 is 10.0 Å². The fraction of sp³-hybridized carbons (Fsp3) is 0.172. The van der Waals surface area contributed by atoms with E-state index in [4.69, 9.17) is 0 Å². The van der Waals surface area contributed by atoms with Crippen LogP contribution in [-0.2, 0) is 16.6 Å². The van der Waals surface area contributed by atoms with Gasteiger partial charge in [0.05, 0.1) is 10.9 Å². The molecule has 0 spiro atoms. The fourth-order valence-corrected chi connectivity index (χ4v) is 6.55. The van der Waals surface area contributed by atoms with E-state index >= 15 is 0 Å². The number of hydrogen-bond acceptors (Lipinski definition) is 4. The van der Waals surface area contributed by atoms with Crippen molar-refractivity contribution in [2.75, 3.05) is 5.32 Å². The maximum absolute atomic E-state index is 13.1. The van der Waals surface area contributed by atoms with Crippen LogP contribution in [0.5, 0.6) is 5.75 Å². The number of sulfonamides is 1. The molecule has 0 radical (unpaired) electrons. The van der Waals surface area contributed by atoms with Gasteiger partial charge in [-0.1, -0.05) is 72.8 Å². The number of aromatic hydroxyl groups is 1. The van der Waals surface area contributed by atoms with E-state index in [1.165, 1.54) is 0 Å². The highest BCUT2D eigenvalue weighted by Gasteiger charge is 2.40. The van der Waals surface area contributed by atoms with Gasteiger partial charge < -0.3 is 10.4 Å². The van der Waals surface area contributed by atoms with Crippen molar-refractivity contribution < 1.29 is 13.5 Å². The van der Waals surface area contributed by atoms with Gasteiger partial charge in [-0.05, 0) is 58.5 Å². The maximum atomic E-state index is 13.1. The number of rotatable bonds is 5. The zero-order valence-electron chi connectivity index (χ0n) is 19.1. The van der Waals surface area contributed by atoms with E-state index in [1.54, 1.807) is 18.2 Å². The average Bonchev–Trinajstić information content (AvgIpc) is 3.38. The minimum atomic E-state index is -3.66. The molecule has 4 aromatic rings. The van der Waals surface area contributed by atoms with Gasteiger partial charge in [-0.25, -0.2) is 13.1 Å². The van der Waals surface area contributed by atoms with Gasteiger partial charge in [0.2, 0.25) is 10.0 Å². The molecule has 3 N–H and O–H groups in total. The van der Waals surface area contributed by atoms with E-state index in [0.717, 1.165) is 39.6 Å². The number of benzene rings is 4. The molecule has 2 aliphatic rings. The van der Waals surface area contributed by atoms with Crippen LogP contribution >= 0.6 is 0 Å². The molecule has 5 nitrogen and oxygen atoms in total. The molecule has 176 valence electrons. The Hall–Kier alpha value is -3.61. The Morgan fingerprint density at radius 1 is 0.943 bits per heavy atom. The average molecular weight is 483 g/mol. The molecule has 6 rings (SSSR count). The number of nitrogens with one attached hydrogen (secondary N) is 2. The van der Waals surface area contributed by atoms with Crippen molar-refractivity contribution >= 4 is 26.5 Å². The molecular weight excluding hydrogens is 456 g/mol. The zero-order chi connectivity index (χ0) is 24.0. The smallest absolute Gasteiger partial charge is 0.240 e. The van der Waals surface area contributed by atoms with Gasteiger partial charge in [-0.2, -0.15) is 0 Å². The standard InChI is InChI=1S/C29H26N2O3S/c32-27-16-13-20-9-4-5-10-22(20)28(27)29-24-12-6-11-23(24)25-17-21(14-15-26(25)31-29)35(33,34)30-18-19-7-2-1-3-8-19/h1-11,13-17,23-24,29-32H,12,18H2. The van der Waals surface area contributed by atoms with Crippen LogP contribution in [-0.4, -0.2) is 13.5 Å². The van der Waals surface area contributed by atoms with Crippen molar-refractivity contribution in [3.63, 3.8) is 0 Å². The minimum absolute atomic E-state index is 0.0684. The Bertz CT molecular complexity index is 1550. The third-order valence-corrected chi connectivity index (χ3v) is 8.61. The summed E-state index contributed by atoms with van der Waals surface area (Å²) in [7, 11) is -3.66. The molecule has 3 atom stereocenters. The van der Waals surface area contributed by atoms with Gasteiger partial charge in [0.1, 0.15) is 5.75 Å². The van der Waals surface area contributed by atoms with E-state index in [9.17, 15) is 13.5 Å². The Labute approximate surface area is 205 Å². The summed E-state index contributed by atoms with van der Waals surface area (Å²) in [6.45, 7) is 0.243. The highest BCUT2D eigenvalue weighted by molar-refractivity contribution is 7.89. The van der Waals surface area contributed by atoms with Crippen LogP contribution in [0.1, 0.15) is 35.1 Å². The molecule has 0 amide bonds. The maximum Gasteiger partial charge on any atom is 0.240 e. The van der Waals surface area contributed by atoms with Gasteiger partial charge in [0.15, 0.2) is 0 Å². The summed E-state index contributed by atoms with van der Waals surface area (Å²) < 4.78 is 28.9. The monoisotopic (exact) mass is 482 g/mol. The lowest BCUT2D eigenvalue weighted by Crippen LogP contribution is -2.30. The first-order chi connectivity index (χ1) is 17.0. The number of phenols is 1. The third-order valence-electron chi connectivity index (χ3n) is 7.21. The second kappa shape index (κ2) is 8.56. The minimum Gasteiger partial charge on any atom is -0.508 e. The zero-order valence-corrected chi connectivity index (χ0v) is 19.9. The predicted octanol–water partition coefficient (Wildman–Crippen LogP) is 5.85. The first kappa shape index (κ1) is 21.9. The van der Waals surface area contributed by atoms with Crippen molar-refractivity contribution in [3.8, 4) is 5.75 Å². The topological polar surface area (TPSA) is 78.4 Å². The van der Waals surface area contributed by atoms with Crippen LogP contribution < -0.4 is 10.0 Å². The summed E-state index contributed by atoms with van der Waals surface area (Å²) >= 11 is 0. The van der Waals surface area contributed by atoms with Gasteiger partial charge in [-0.15, -0.1) is 0 Å². The first-order valence-corrected chi connectivity index (χ1v) is 13.3. The molecular formula is C29H26N2O3S. The van der Waals surface area contributed by atoms with Crippen LogP contribution in [0.2, 0.25) is 0 Å². The fourth-order valence-electron chi connectivity index (χ4n) is 5.49. The second-order valence-electron chi connectivity index (χ2n) is 9.25. The summed E-state index contributed by atoms with van der Waals surface area (Å²) in [6.07, 6.45) is 5.19. The molecule has 0 fully saturated rings.